The van der Waals surface area contributed by atoms with E-state index in [1.165, 1.54) is 3.57 Å². The molecule has 0 bridgehead atoms. The van der Waals surface area contributed by atoms with Gasteiger partial charge >= 0.3 is 0 Å². The lowest BCUT2D eigenvalue weighted by molar-refractivity contribution is 0.749. The molecule has 4 heteroatoms. The fraction of sp³-hybridized carbons (Fsp3) is 0.200. The Morgan fingerprint density at radius 2 is 1.79 bits per heavy atom. The van der Waals surface area contributed by atoms with Crippen LogP contribution in [0.3, 0.4) is 0 Å². The molecular weight excluding hydrogens is 392 g/mol. The van der Waals surface area contributed by atoms with Crippen LogP contribution in [0.15, 0.2) is 42.5 Å². The lowest BCUT2D eigenvalue weighted by atomic mass is 10.0. The maximum Gasteiger partial charge on any atom is 0.0525 e. The molecule has 0 aliphatic heterocycles. The molecule has 0 aliphatic carbocycles. The molecule has 0 aromatic heterocycles. The Labute approximate surface area is 137 Å². The van der Waals surface area contributed by atoms with Crippen molar-refractivity contribution in [2.24, 2.45) is 0 Å². The second-order valence-electron chi connectivity index (χ2n) is 4.28. The number of hydrogen-bond donors (Lipinski definition) is 1. The van der Waals surface area contributed by atoms with Gasteiger partial charge in [-0.3, -0.25) is 0 Å². The zero-order valence-corrected chi connectivity index (χ0v) is 14.1. The summed E-state index contributed by atoms with van der Waals surface area (Å²) in [7, 11) is 0. The van der Waals surface area contributed by atoms with Gasteiger partial charge in [-0.1, -0.05) is 36.2 Å². The molecule has 0 saturated heterocycles. The molecule has 0 radical (unpaired) electrons. The second-order valence-corrected chi connectivity index (χ2v) is 6.37. The summed E-state index contributed by atoms with van der Waals surface area (Å²) in [5.41, 5.74) is 2.17. The molecule has 1 N–H and O–H groups in total. The Hall–Kier alpha value is -0.450. The summed E-state index contributed by atoms with van der Waals surface area (Å²) in [6, 6.07) is 14.2. The molecule has 2 rings (SSSR count). The van der Waals surface area contributed by atoms with E-state index in [-0.39, 0.29) is 6.04 Å². The van der Waals surface area contributed by atoms with E-state index in [4.69, 9.17) is 23.2 Å². The van der Waals surface area contributed by atoms with Gasteiger partial charge in [-0.05, 0) is 71.0 Å². The first-order valence-corrected chi connectivity index (χ1v) is 7.90. The van der Waals surface area contributed by atoms with Crippen molar-refractivity contribution in [1.29, 1.82) is 0 Å². The molecule has 100 valence electrons. The van der Waals surface area contributed by atoms with E-state index in [0.29, 0.717) is 10.0 Å². The average Bonchev–Trinajstić information content (AvgIpc) is 2.39. The fourth-order valence-electron chi connectivity index (χ4n) is 1.93. The van der Waals surface area contributed by atoms with Crippen LogP contribution in [-0.4, -0.2) is 0 Å². The first kappa shape index (κ1) is 14.9. The van der Waals surface area contributed by atoms with Gasteiger partial charge in [0, 0.05) is 19.3 Å². The van der Waals surface area contributed by atoms with E-state index in [1.807, 2.05) is 12.1 Å². The number of benzene rings is 2. The Morgan fingerprint density at radius 1 is 1.11 bits per heavy atom. The lowest BCUT2D eigenvalue weighted by Crippen LogP contribution is -2.10. The predicted molar refractivity (Wildman–Crippen MR) is 92.3 cm³/mol. The van der Waals surface area contributed by atoms with E-state index >= 15 is 0 Å². The number of hydrogen-bond acceptors (Lipinski definition) is 1. The predicted octanol–water partition coefficient (Wildman–Crippen LogP) is 6.16. The third kappa shape index (κ3) is 4.01. The standard InChI is InChI=1S/C15H14Cl2IN/c1-2-15(13-8-3-10(16)9-14(13)17)19-12-6-4-11(18)5-7-12/h3-9,15,19H,2H2,1H3. The van der Waals surface area contributed by atoms with Crippen LogP contribution in [0.2, 0.25) is 10.0 Å². The van der Waals surface area contributed by atoms with Gasteiger partial charge in [-0.2, -0.15) is 0 Å². The van der Waals surface area contributed by atoms with Crippen LogP contribution in [0.1, 0.15) is 24.9 Å². The van der Waals surface area contributed by atoms with Crippen molar-refractivity contribution in [2.45, 2.75) is 19.4 Å². The number of rotatable bonds is 4. The van der Waals surface area contributed by atoms with Crippen molar-refractivity contribution in [1.82, 2.24) is 0 Å². The zero-order valence-electron chi connectivity index (χ0n) is 10.5. The summed E-state index contributed by atoms with van der Waals surface area (Å²) in [5.74, 6) is 0. The molecule has 0 saturated carbocycles. The van der Waals surface area contributed by atoms with Crippen molar-refractivity contribution in [3.63, 3.8) is 0 Å². The highest BCUT2D eigenvalue weighted by Gasteiger charge is 2.13. The minimum absolute atomic E-state index is 0.185. The molecule has 2 aromatic carbocycles. The molecule has 0 spiro atoms. The molecule has 1 nitrogen and oxygen atoms in total. The van der Waals surface area contributed by atoms with Gasteiger partial charge < -0.3 is 5.32 Å². The van der Waals surface area contributed by atoms with Crippen LogP contribution in [0.4, 0.5) is 5.69 Å². The highest BCUT2D eigenvalue weighted by Crippen LogP contribution is 2.30. The van der Waals surface area contributed by atoms with E-state index in [9.17, 15) is 0 Å². The van der Waals surface area contributed by atoms with E-state index in [1.54, 1.807) is 6.07 Å². The number of halogens is 3. The molecule has 1 unspecified atom stereocenters. The van der Waals surface area contributed by atoms with Gasteiger partial charge in [0.25, 0.3) is 0 Å². The first-order chi connectivity index (χ1) is 9.10. The molecule has 2 aromatic rings. The smallest absolute Gasteiger partial charge is 0.0525 e. The summed E-state index contributed by atoms with van der Waals surface area (Å²) < 4.78 is 1.22. The van der Waals surface area contributed by atoms with Crippen molar-refractivity contribution < 1.29 is 0 Å². The maximum atomic E-state index is 6.27. The normalized spacial score (nSPS) is 12.2. The van der Waals surface area contributed by atoms with Crippen LogP contribution >= 0.6 is 45.8 Å². The zero-order chi connectivity index (χ0) is 13.8. The van der Waals surface area contributed by atoms with Crippen molar-refractivity contribution in [2.75, 3.05) is 5.32 Å². The van der Waals surface area contributed by atoms with Crippen LogP contribution in [0.25, 0.3) is 0 Å². The summed E-state index contributed by atoms with van der Waals surface area (Å²) in [5, 5.41) is 4.87. The highest BCUT2D eigenvalue weighted by atomic mass is 127. The largest absolute Gasteiger partial charge is 0.378 e. The number of nitrogens with one attached hydrogen (secondary N) is 1. The van der Waals surface area contributed by atoms with Gasteiger partial charge in [0.15, 0.2) is 0 Å². The Balaban J connectivity index is 2.22. The maximum absolute atomic E-state index is 6.27. The molecule has 1 atom stereocenters. The van der Waals surface area contributed by atoms with Crippen LogP contribution < -0.4 is 5.32 Å². The quantitative estimate of drug-likeness (QED) is 0.600. The SMILES string of the molecule is CCC(Nc1ccc(I)cc1)c1ccc(Cl)cc1Cl. The van der Waals surface area contributed by atoms with Gasteiger partial charge in [0.2, 0.25) is 0 Å². The topological polar surface area (TPSA) is 12.0 Å². The van der Waals surface area contributed by atoms with E-state index in [2.05, 4.69) is 59.1 Å². The fourth-order valence-corrected chi connectivity index (χ4v) is 2.83. The third-order valence-electron chi connectivity index (χ3n) is 2.93. The third-order valence-corrected chi connectivity index (χ3v) is 4.21. The molecule has 0 amide bonds. The highest BCUT2D eigenvalue weighted by molar-refractivity contribution is 14.1. The minimum Gasteiger partial charge on any atom is -0.378 e. The summed E-state index contributed by atoms with van der Waals surface area (Å²) >= 11 is 14.5. The average molecular weight is 406 g/mol. The Bertz CT molecular complexity index is 555. The Kier molecular flexibility index (Phi) is 5.37. The van der Waals surface area contributed by atoms with Crippen molar-refractivity contribution >= 4 is 51.5 Å². The summed E-state index contributed by atoms with van der Waals surface area (Å²) in [6.45, 7) is 2.13. The van der Waals surface area contributed by atoms with Crippen molar-refractivity contribution in [3.05, 3.63) is 61.6 Å². The van der Waals surface area contributed by atoms with E-state index in [0.717, 1.165) is 17.7 Å². The monoisotopic (exact) mass is 405 g/mol. The number of anilines is 1. The molecule has 0 aliphatic rings. The van der Waals surface area contributed by atoms with Crippen LogP contribution in [0, 0.1) is 3.57 Å². The van der Waals surface area contributed by atoms with Gasteiger partial charge in [-0.15, -0.1) is 0 Å². The van der Waals surface area contributed by atoms with Crippen molar-refractivity contribution in [3.8, 4) is 0 Å². The Morgan fingerprint density at radius 3 is 2.37 bits per heavy atom. The van der Waals surface area contributed by atoms with Gasteiger partial charge in [-0.25, -0.2) is 0 Å². The van der Waals surface area contributed by atoms with Gasteiger partial charge in [0.1, 0.15) is 0 Å². The van der Waals surface area contributed by atoms with Gasteiger partial charge in [0.05, 0.1) is 6.04 Å². The lowest BCUT2D eigenvalue weighted by Gasteiger charge is -2.20. The minimum atomic E-state index is 0.185. The first-order valence-electron chi connectivity index (χ1n) is 6.07. The summed E-state index contributed by atoms with van der Waals surface area (Å²) in [4.78, 5) is 0. The van der Waals surface area contributed by atoms with Crippen LogP contribution in [-0.2, 0) is 0 Å². The summed E-state index contributed by atoms with van der Waals surface area (Å²) in [6.07, 6.45) is 0.952. The second kappa shape index (κ2) is 6.82. The molecule has 19 heavy (non-hydrogen) atoms. The molecule has 0 heterocycles. The van der Waals surface area contributed by atoms with E-state index < -0.39 is 0 Å². The van der Waals surface area contributed by atoms with Crippen LogP contribution in [0.5, 0.6) is 0 Å². The molecule has 0 fully saturated rings. The molecular formula is C15H14Cl2IN.